The Kier molecular flexibility index (Phi) is 4.08. The van der Waals surface area contributed by atoms with Gasteiger partial charge in [-0.15, -0.1) is 0 Å². The van der Waals surface area contributed by atoms with E-state index in [1.807, 2.05) is 24.3 Å². The summed E-state index contributed by atoms with van der Waals surface area (Å²) in [5.41, 5.74) is 5.69. The van der Waals surface area contributed by atoms with Crippen LogP contribution in [0.3, 0.4) is 0 Å². The Morgan fingerprint density at radius 2 is 2.13 bits per heavy atom. The zero-order chi connectivity index (χ0) is 16.7. The Balaban J connectivity index is 1.65. The van der Waals surface area contributed by atoms with Crippen LogP contribution in [0.15, 0.2) is 29.4 Å². The average molecular weight is 331 g/mol. The van der Waals surface area contributed by atoms with E-state index in [-0.39, 0.29) is 5.41 Å². The highest BCUT2D eigenvalue weighted by Crippen LogP contribution is 2.63. The van der Waals surface area contributed by atoms with E-state index in [0.717, 1.165) is 23.8 Å². The second-order valence-electron chi connectivity index (χ2n) is 7.35. The van der Waals surface area contributed by atoms with Gasteiger partial charge >= 0.3 is 0 Å². The molecular weight excluding hydrogens is 306 g/mol. The summed E-state index contributed by atoms with van der Waals surface area (Å²) in [6.07, 6.45) is 3.62. The highest BCUT2D eigenvalue weighted by Gasteiger charge is 2.59. The van der Waals surface area contributed by atoms with Gasteiger partial charge in [-0.1, -0.05) is 26.8 Å². The van der Waals surface area contributed by atoms with Gasteiger partial charge in [0.15, 0.2) is 5.11 Å². The standard InChI is InChI=1S/C18H25N3OS/c1-17(2)12-8-9-18(17,3)15(10-12)20-21-16(23)19-13-6-5-7-14(11-13)22-4/h5-7,11-12H,8-10H2,1-4H3,(H2,19,21,23)/b20-15-/t12-,18-/m0/s1. The zero-order valence-electron chi connectivity index (χ0n) is 14.3. The van der Waals surface area contributed by atoms with Crippen molar-refractivity contribution in [1.29, 1.82) is 0 Å². The molecule has 0 amide bonds. The molecule has 0 radical (unpaired) electrons. The highest BCUT2D eigenvalue weighted by molar-refractivity contribution is 7.80. The largest absolute Gasteiger partial charge is 0.497 e. The number of nitrogens with zero attached hydrogens (tertiary/aromatic N) is 1. The van der Waals surface area contributed by atoms with E-state index in [0.29, 0.717) is 10.5 Å². The van der Waals surface area contributed by atoms with Gasteiger partial charge in [0.2, 0.25) is 0 Å². The molecule has 2 atom stereocenters. The summed E-state index contributed by atoms with van der Waals surface area (Å²) >= 11 is 5.36. The molecule has 4 nitrogen and oxygen atoms in total. The lowest BCUT2D eigenvalue weighted by Gasteiger charge is -2.34. The predicted octanol–water partition coefficient (Wildman–Crippen LogP) is 4.18. The number of anilines is 1. The number of benzene rings is 1. The van der Waals surface area contributed by atoms with Crippen molar-refractivity contribution in [2.45, 2.75) is 40.0 Å². The minimum absolute atomic E-state index is 0.191. The molecule has 2 saturated carbocycles. The van der Waals surface area contributed by atoms with Crippen molar-refractivity contribution in [2.75, 3.05) is 12.4 Å². The number of rotatable bonds is 3. The highest BCUT2D eigenvalue weighted by atomic mass is 32.1. The minimum atomic E-state index is 0.191. The van der Waals surface area contributed by atoms with E-state index in [4.69, 9.17) is 17.0 Å². The number of methoxy groups -OCH3 is 1. The maximum atomic E-state index is 5.36. The molecule has 124 valence electrons. The van der Waals surface area contributed by atoms with Crippen LogP contribution in [0.4, 0.5) is 5.69 Å². The van der Waals surface area contributed by atoms with Crippen molar-refractivity contribution in [2.24, 2.45) is 21.8 Å². The molecule has 2 N–H and O–H groups in total. The Labute approximate surface area is 143 Å². The van der Waals surface area contributed by atoms with Crippen LogP contribution >= 0.6 is 12.2 Å². The minimum Gasteiger partial charge on any atom is -0.497 e. The maximum absolute atomic E-state index is 5.36. The summed E-state index contributed by atoms with van der Waals surface area (Å²) < 4.78 is 5.22. The molecule has 2 aliphatic rings. The molecule has 5 heteroatoms. The molecule has 1 aromatic carbocycles. The number of hydrogen-bond acceptors (Lipinski definition) is 3. The van der Waals surface area contributed by atoms with Crippen LogP contribution in [0.1, 0.15) is 40.0 Å². The maximum Gasteiger partial charge on any atom is 0.191 e. The smallest absolute Gasteiger partial charge is 0.191 e. The first-order chi connectivity index (χ1) is 10.9. The molecule has 0 aromatic heterocycles. The molecule has 0 aliphatic heterocycles. The van der Waals surface area contributed by atoms with Gasteiger partial charge in [0, 0.05) is 22.9 Å². The number of fused-ring (bicyclic) bond motifs is 2. The zero-order valence-corrected chi connectivity index (χ0v) is 15.1. The number of thiocarbonyl (C=S) groups is 1. The van der Waals surface area contributed by atoms with Gasteiger partial charge in [-0.2, -0.15) is 5.10 Å². The number of nitrogens with one attached hydrogen (secondary N) is 2. The van der Waals surface area contributed by atoms with E-state index < -0.39 is 0 Å². The monoisotopic (exact) mass is 331 g/mol. The van der Waals surface area contributed by atoms with Crippen LogP contribution in [0.25, 0.3) is 0 Å². The number of hydrogen-bond donors (Lipinski definition) is 2. The number of hydrazone groups is 1. The first kappa shape index (κ1) is 16.2. The van der Waals surface area contributed by atoms with E-state index in [2.05, 4.69) is 36.6 Å². The third-order valence-corrected chi connectivity index (χ3v) is 6.33. The summed E-state index contributed by atoms with van der Waals surface area (Å²) in [5, 5.41) is 8.30. The Bertz CT molecular complexity index is 655. The Hall–Kier alpha value is -1.62. The third-order valence-electron chi connectivity index (χ3n) is 6.13. The lowest BCUT2D eigenvalue weighted by molar-refractivity contribution is 0.193. The fourth-order valence-electron chi connectivity index (χ4n) is 4.08. The SMILES string of the molecule is COc1cccc(NC(=S)N/N=C2/C[C@@H]3CC[C@]2(C)C3(C)C)c1. The van der Waals surface area contributed by atoms with E-state index in [1.165, 1.54) is 18.6 Å². The van der Waals surface area contributed by atoms with Crippen molar-refractivity contribution >= 4 is 28.7 Å². The molecule has 0 saturated heterocycles. The van der Waals surface area contributed by atoms with Crippen LogP contribution in [0, 0.1) is 16.7 Å². The van der Waals surface area contributed by atoms with Crippen molar-refractivity contribution in [3.63, 3.8) is 0 Å². The molecule has 2 bridgehead atoms. The third kappa shape index (κ3) is 2.71. The van der Waals surface area contributed by atoms with Crippen molar-refractivity contribution in [3.05, 3.63) is 24.3 Å². The average Bonchev–Trinajstić information content (AvgIpc) is 2.86. The van der Waals surface area contributed by atoms with Gasteiger partial charge in [0.1, 0.15) is 5.75 Å². The van der Waals surface area contributed by atoms with Gasteiger partial charge in [-0.3, -0.25) is 5.43 Å². The first-order valence-electron chi connectivity index (χ1n) is 8.15. The lowest BCUT2D eigenvalue weighted by Crippen LogP contribution is -2.34. The fraction of sp³-hybridized carbons (Fsp3) is 0.556. The summed E-state index contributed by atoms with van der Waals surface area (Å²) in [4.78, 5) is 0. The predicted molar refractivity (Wildman–Crippen MR) is 99.0 cm³/mol. The lowest BCUT2D eigenvalue weighted by atomic mass is 9.70. The van der Waals surface area contributed by atoms with E-state index >= 15 is 0 Å². The van der Waals surface area contributed by atoms with Crippen LogP contribution in [-0.2, 0) is 0 Å². The van der Waals surface area contributed by atoms with Gasteiger partial charge in [-0.25, -0.2) is 0 Å². The van der Waals surface area contributed by atoms with E-state index in [9.17, 15) is 0 Å². The normalized spacial score (nSPS) is 29.6. The van der Waals surface area contributed by atoms with Crippen LogP contribution < -0.4 is 15.5 Å². The second-order valence-corrected chi connectivity index (χ2v) is 7.76. The molecular formula is C18H25N3OS. The summed E-state index contributed by atoms with van der Waals surface area (Å²) in [6.45, 7) is 7.10. The van der Waals surface area contributed by atoms with Gasteiger partial charge in [-0.05, 0) is 54.9 Å². The molecule has 3 rings (SSSR count). The molecule has 2 fully saturated rings. The van der Waals surface area contributed by atoms with Crippen molar-refractivity contribution in [1.82, 2.24) is 5.43 Å². The molecule has 0 spiro atoms. The van der Waals surface area contributed by atoms with E-state index in [1.54, 1.807) is 7.11 Å². The molecule has 1 aromatic rings. The van der Waals surface area contributed by atoms with Crippen molar-refractivity contribution in [3.8, 4) is 5.75 Å². The molecule has 0 unspecified atom stereocenters. The Morgan fingerprint density at radius 3 is 2.74 bits per heavy atom. The van der Waals surface area contributed by atoms with Crippen LogP contribution in [-0.4, -0.2) is 17.9 Å². The fourth-order valence-corrected chi connectivity index (χ4v) is 4.24. The quantitative estimate of drug-likeness (QED) is 0.644. The summed E-state index contributed by atoms with van der Waals surface area (Å²) in [7, 11) is 1.65. The molecule has 23 heavy (non-hydrogen) atoms. The van der Waals surface area contributed by atoms with Crippen molar-refractivity contribution < 1.29 is 4.74 Å². The van der Waals surface area contributed by atoms with Crippen LogP contribution in [0.5, 0.6) is 5.75 Å². The van der Waals surface area contributed by atoms with Crippen LogP contribution in [0.2, 0.25) is 0 Å². The topological polar surface area (TPSA) is 45.6 Å². The first-order valence-corrected chi connectivity index (χ1v) is 8.56. The number of ether oxygens (including phenoxy) is 1. The van der Waals surface area contributed by atoms with Gasteiger partial charge in [0.25, 0.3) is 0 Å². The summed E-state index contributed by atoms with van der Waals surface area (Å²) in [6, 6.07) is 7.68. The molecule has 0 heterocycles. The Morgan fingerprint density at radius 1 is 1.35 bits per heavy atom. The molecule has 2 aliphatic carbocycles. The summed E-state index contributed by atoms with van der Waals surface area (Å²) in [5.74, 6) is 1.54. The van der Waals surface area contributed by atoms with Gasteiger partial charge < -0.3 is 10.1 Å². The second kappa shape index (κ2) is 5.78. The van der Waals surface area contributed by atoms with Gasteiger partial charge in [0.05, 0.1) is 7.11 Å².